The molecule has 7 nitrogen and oxygen atoms in total. The molecule has 0 spiro atoms. The normalized spacial score (nSPS) is 13.5. The lowest BCUT2D eigenvalue weighted by Crippen LogP contribution is -2.19. The fourth-order valence-electron chi connectivity index (χ4n) is 3.06. The smallest absolute Gasteiger partial charge is 0.335 e. The number of fused-ring (bicyclic) bond motifs is 1. The highest BCUT2D eigenvalue weighted by atomic mass is 16.4. The quantitative estimate of drug-likeness (QED) is 0.551. The predicted molar refractivity (Wildman–Crippen MR) is 109 cm³/mol. The highest BCUT2D eigenvalue weighted by molar-refractivity contribution is 6.21. The average molecular weight is 372 g/mol. The van der Waals surface area contributed by atoms with Crippen molar-refractivity contribution in [2.45, 2.75) is 0 Å². The Kier molecular flexibility index (Phi) is 4.25. The number of aromatic carboxylic acids is 1. The SMILES string of the molecule is NC(=O)Nc1ccc2c(c1)C(=Cc1cc(-c3ccc(C(=O)O)cc3)c[nH]1)C=N2. The van der Waals surface area contributed by atoms with Crippen LogP contribution in [0.25, 0.3) is 22.8 Å². The summed E-state index contributed by atoms with van der Waals surface area (Å²) < 4.78 is 0. The molecule has 1 aliphatic rings. The van der Waals surface area contributed by atoms with Gasteiger partial charge >= 0.3 is 12.0 Å². The number of aliphatic imine (C=N–C) groups is 1. The lowest BCUT2D eigenvalue weighted by Gasteiger charge is -2.05. The molecule has 5 N–H and O–H groups in total. The summed E-state index contributed by atoms with van der Waals surface area (Å²) in [6.45, 7) is 0. The van der Waals surface area contributed by atoms with Crippen LogP contribution in [-0.4, -0.2) is 28.3 Å². The summed E-state index contributed by atoms with van der Waals surface area (Å²) in [5.41, 5.74) is 11.4. The minimum Gasteiger partial charge on any atom is -0.478 e. The molecule has 0 atom stereocenters. The van der Waals surface area contributed by atoms with Gasteiger partial charge in [-0.05, 0) is 53.6 Å². The molecule has 138 valence electrons. The lowest BCUT2D eigenvalue weighted by atomic mass is 10.0. The van der Waals surface area contributed by atoms with Crippen molar-refractivity contribution in [3.63, 3.8) is 0 Å². The molecular formula is C21H16N4O3. The largest absolute Gasteiger partial charge is 0.478 e. The molecule has 0 radical (unpaired) electrons. The van der Waals surface area contributed by atoms with Crippen LogP contribution in [0.2, 0.25) is 0 Å². The number of amides is 2. The molecule has 7 heteroatoms. The van der Waals surface area contributed by atoms with E-state index in [9.17, 15) is 9.59 Å². The first-order valence-electron chi connectivity index (χ1n) is 8.48. The number of hydrogen-bond acceptors (Lipinski definition) is 3. The highest BCUT2D eigenvalue weighted by Crippen LogP contribution is 2.35. The van der Waals surface area contributed by atoms with Crippen molar-refractivity contribution in [3.05, 3.63) is 71.5 Å². The van der Waals surface area contributed by atoms with E-state index in [0.29, 0.717) is 5.69 Å². The number of H-pyrrole nitrogens is 1. The summed E-state index contributed by atoms with van der Waals surface area (Å²) in [6, 6.07) is 13.5. The number of primary amides is 1. The number of nitrogens with one attached hydrogen (secondary N) is 2. The summed E-state index contributed by atoms with van der Waals surface area (Å²) in [5.74, 6) is -0.949. The van der Waals surface area contributed by atoms with Gasteiger partial charge in [-0.25, -0.2) is 9.59 Å². The van der Waals surface area contributed by atoms with E-state index in [4.69, 9.17) is 10.8 Å². The number of urea groups is 1. The molecule has 0 aliphatic carbocycles. The van der Waals surface area contributed by atoms with Crippen molar-refractivity contribution >= 4 is 41.2 Å². The number of anilines is 1. The Morgan fingerprint density at radius 3 is 2.57 bits per heavy atom. The number of carbonyl (C=O) groups excluding carboxylic acids is 1. The second-order valence-electron chi connectivity index (χ2n) is 6.31. The maximum atomic E-state index is 11.1. The molecule has 1 aromatic heterocycles. The van der Waals surface area contributed by atoms with Crippen molar-refractivity contribution in [1.29, 1.82) is 0 Å². The van der Waals surface area contributed by atoms with Crippen LogP contribution in [0.4, 0.5) is 16.2 Å². The number of carboxylic acid groups (broad SMARTS) is 1. The van der Waals surface area contributed by atoms with Crippen LogP contribution in [0, 0.1) is 0 Å². The molecule has 28 heavy (non-hydrogen) atoms. The van der Waals surface area contributed by atoms with Gasteiger partial charge in [0.1, 0.15) is 0 Å². The highest BCUT2D eigenvalue weighted by Gasteiger charge is 2.14. The first-order chi connectivity index (χ1) is 13.5. The lowest BCUT2D eigenvalue weighted by molar-refractivity contribution is 0.0697. The maximum Gasteiger partial charge on any atom is 0.335 e. The molecule has 0 saturated heterocycles. The molecule has 3 aromatic rings. The van der Waals surface area contributed by atoms with Crippen molar-refractivity contribution < 1.29 is 14.7 Å². The number of rotatable bonds is 4. The predicted octanol–water partition coefficient (Wildman–Crippen LogP) is 4.13. The number of carboxylic acids is 1. The Hall–Kier alpha value is -4.13. The number of hydrogen-bond donors (Lipinski definition) is 4. The Balaban J connectivity index is 1.61. The van der Waals surface area contributed by atoms with Crippen LogP contribution in [-0.2, 0) is 0 Å². The second-order valence-corrected chi connectivity index (χ2v) is 6.31. The number of aromatic nitrogens is 1. The molecule has 2 amide bonds. The van der Waals surface area contributed by atoms with Gasteiger partial charge in [0.05, 0.1) is 11.3 Å². The van der Waals surface area contributed by atoms with Gasteiger partial charge in [-0.1, -0.05) is 12.1 Å². The van der Waals surface area contributed by atoms with Crippen LogP contribution < -0.4 is 11.1 Å². The van der Waals surface area contributed by atoms with Gasteiger partial charge in [0, 0.05) is 34.9 Å². The minimum absolute atomic E-state index is 0.251. The minimum atomic E-state index is -0.949. The van der Waals surface area contributed by atoms with Crippen LogP contribution in [0.5, 0.6) is 0 Å². The van der Waals surface area contributed by atoms with Gasteiger partial charge in [0.25, 0.3) is 0 Å². The molecule has 0 bridgehead atoms. The Morgan fingerprint density at radius 2 is 1.86 bits per heavy atom. The third kappa shape index (κ3) is 3.41. The molecular weight excluding hydrogens is 356 g/mol. The summed E-state index contributed by atoms with van der Waals surface area (Å²) in [4.78, 5) is 29.6. The zero-order chi connectivity index (χ0) is 19.7. The third-order valence-corrected chi connectivity index (χ3v) is 4.40. The number of nitrogens with two attached hydrogens (primary N) is 1. The van der Waals surface area contributed by atoms with E-state index in [-0.39, 0.29) is 5.56 Å². The first-order valence-corrected chi connectivity index (χ1v) is 8.48. The van der Waals surface area contributed by atoms with Gasteiger partial charge in [-0.15, -0.1) is 0 Å². The maximum absolute atomic E-state index is 11.1. The van der Waals surface area contributed by atoms with E-state index < -0.39 is 12.0 Å². The molecule has 4 rings (SSSR count). The summed E-state index contributed by atoms with van der Waals surface area (Å²) in [6.07, 6.45) is 5.58. The zero-order valence-corrected chi connectivity index (χ0v) is 14.6. The van der Waals surface area contributed by atoms with Gasteiger partial charge < -0.3 is 21.1 Å². The second kappa shape index (κ2) is 6.88. The molecule has 1 aliphatic heterocycles. The van der Waals surface area contributed by atoms with Crippen molar-refractivity contribution in [2.24, 2.45) is 10.7 Å². The van der Waals surface area contributed by atoms with E-state index in [1.165, 1.54) is 0 Å². The third-order valence-electron chi connectivity index (χ3n) is 4.40. The van der Waals surface area contributed by atoms with Gasteiger partial charge in [0.15, 0.2) is 0 Å². The Morgan fingerprint density at radius 1 is 1.07 bits per heavy atom. The van der Waals surface area contributed by atoms with Crippen molar-refractivity contribution in [2.75, 3.05) is 5.32 Å². The molecule has 2 aromatic carbocycles. The van der Waals surface area contributed by atoms with Crippen LogP contribution in [0.15, 0.2) is 59.7 Å². The first kappa shape index (κ1) is 17.3. The van der Waals surface area contributed by atoms with Crippen LogP contribution in [0.1, 0.15) is 21.6 Å². The number of allylic oxidation sites excluding steroid dienone is 1. The summed E-state index contributed by atoms with van der Waals surface area (Å²) >= 11 is 0. The van der Waals surface area contributed by atoms with Gasteiger partial charge in [0.2, 0.25) is 0 Å². The number of carbonyl (C=O) groups is 2. The van der Waals surface area contributed by atoms with Crippen LogP contribution >= 0.6 is 0 Å². The number of benzene rings is 2. The number of aromatic amines is 1. The topological polar surface area (TPSA) is 121 Å². The summed E-state index contributed by atoms with van der Waals surface area (Å²) in [5, 5.41) is 11.6. The van der Waals surface area contributed by atoms with E-state index >= 15 is 0 Å². The van der Waals surface area contributed by atoms with E-state index in [2.05, 4.69) is 15.3 Å². The monoisotopic (exact) mass is 372 g/mol. The van der Waals surface area contributed by atoms with Gasteiger partial charge in [-0.2, -0.15) is 0 Å². The number of nitrogens with zero attached hydrogens (tertiary/aromatic N) is 1. The van der Waals surface area contributed by atoms with Crippen molar-refractivity contribution in [3.8, 4) is 11.1 Å². The Labute approximate surface area is 160 Å². The molecule has 0 saturated carbocycles. The fraction of sp³-hybridized carbons (Fsp3) is 0. The molecule has 0 fully saturated rings. The van der Waals surface area contributed by atoms with Gasteiger partial charge in [-0.3, -0.25) is 4.99 Å². The van der Waals surface area contributed by atoms with E-state index in [1.807, 2.05) is 30.5 Å². The molecule has 0 unspecified atom stereocenters. The summed E-state index contributed by atoms with van der Waals surface area (Å²) in [7, 11) is 0. The molecule has 2 heterocycles. The van der Waals surface area contributed by atoms with Crippen LogP contribution in [0.3, 0.4) is 0 Å². The Bertz CT molecular complexity index is 1140. The van der Waals surface area contributed by atoms with E-state index in [1.54, 1.807) is 36.5 Å². The standard InChI is InChI=1S/C21H16N4O3/c22-21(28)25-16-5-6-19-18(9-16)15(11-24-19)8-17-7-14(10-23-17)12-1-3-13(4-2-12)20(26)27/h1-11,23H,(H,26,27)(H3,22,25,28). The van der Waals surface area contributed by atoms with Crippen molar-refractivity contribution in [1.82, 2.24) is 4.98 Å². The zero-order valence-electron chi connectivity index (χ0n) is 14.6. The fourth-order valence-corrected chi connectivity index (χ4v) is 3.06. The van der Waals surface area contributed by atoms with E-state index in [0.717, 1.165) is 33.6 Å². The average Bonchev–Trinajstić information content (AvgIpc) is 3.29.